The van der Waals surface area contributed by atoms with E-state index < -0.39 is 29.7 Å². The lowest BCUT2D eigenvalue weighted by atomic mass is 10.2. The summed E-state index contributed by atoms with van der Waals surface area (Å²) in [4.78, 5) is 23.1. The highest BCUT2D eigenvalue weighted by molar-refractivity contribution is 9.10. The quantitative estimate of drug-likeness (QED) is 0.501. The lowest BCUT2D eigenvalue weighted by Crippen LogP contribution is -2.27. The average Bonchev–Trinajstić information content (AvgIpc) is 2.27. The number of ether oxygens (including phenoxy) is 1. The van der Waals surface area contributed by atoms with Crippen LogP contribution in [0.5, 0.6) is 0 Å². The summed E-state index contributed by atoms with van der Waals surface area (Å²) < 4.78 is 19.1. The molecule has 0 aliphatic carbocycles. The van der Waals surface area contributed by atoms with Crippen LogP contribution in [0.3, 0.4) is 0 Å². The van der Waals surface area contributed by atoms with E-state index in [0.717, 1.165) is 0 Å². The van der Waals surface area contributed by atoms with Gasteiger partial charge in [0, 0.05) is 4.47 Å². The fraction of sp³-hybridized carbons (Fsp3) is 0.385. The smallest absolute Gasteiger partial charge is 0.315 e. The molecule has 1 amide bonds. The van der Waals surface area contributed by atoms with E-state index in [-0.39, 0.29) is 10.7 Å². The number of carbonyl (C=O) groups is 2. The Labute approximate surface area is 129 Å². The Morgan fingerprint density at radius 2 is 2.00 bits per heavy atom. The molecule has 1 rings (SSSR count). The Morgan fingerprint density at radius 3 is 2.55 bits per heavy atom. The number of nitrogens with one attached hydrogen (secondary N) is 1. The molecule has 0 saturated carbocycles. The van der Waals surface area contributed by atoms with Gasteiger partial charge >= 0.3 is 5.97 Å². The van der Waals surface area contributed by atoms with Crippen LogP contribution in [-0.2, 0) is 14.3 Å². The molecule has 0 saturated heterocycles. The molecule has 0 radical (unpaired) electrons. The maximum Gasteiger partial charge on any atom is 0.315 e. The SMILES string of the molecule is CC(C)(C)OC(=O)CC(=O)Nc1ccc(Br)c(Cl)c1F. The molecule has 110 valence electrons. The van der Waals surface area contributed by atoms with E-state index in [1.807, 2.05) is 0 Å². The van der Waals surface area contributed by atoms with Crippen molar-refractivity contribution >= 4 is 45.1 Å². The number of rotatable bonds is 3. The van der Waals surface area contributed by atoms with Gasteiger partial charge in [-0.05, 0) is 48.8 Å². The van der Waals surface area contributed by atoms with E-state index in [2.05, 4.69) is 21.2 Å². The maximum atomic E-state index is 13.7. The highest BCUT2D eigenvalue weighted by Crippen LogP contribution is 2.30. The third-order valence-electron chi connectivity index (χ3n) is 2.03. The van der Waals surface area contributed by atoms with Crippen LogP contribution in [0.1, 0.15) is 27.2 Å². The summed E-state index contributed by atoms with van der Waals surface area (Å²) in [6, 6.07) is 2.84. The van der Waals surface area contributed by atoms with Crippen LogP contribution in [0.25, 0.3) is 0 Å². The van der Waals surface area contributed by atoms with Gasteiger partial charge in [-0.2, -0.15) is 0 Å². The first kappa shape index (κ1) is 16.9. The fourth-order valence-electron chi connectivity index (χ4n) is 1.33. The Kier molecular flexibility index (Phi) is 5.53. The molecule has 0 spiro atoms. The summed E-state index contributed by atoms with van der Waals surface area (Å²) >= 11 is 8.76. The minimum Gasteiger partial charge on any atom is -0.460 e. The molecule has 0 aliphatic rings. The molecule has 1 N–H and O–H groups in total. The van der Waals surface area contributed by atoms with Gasteiger partial charge in [-0.25, -0.2) is 4.39 Å². The van der Waals surface area contributed by atoms with E-state index in [4.69, 9.17) is 16.3 Å². The van der Waals surface area contributed by atoms with Crippen molar-refractivity contribution in [1.82, 2.24) is 0 Å². The van der Waals surface area contributed by atoms with Gasteiger partial charge in [0.15, 0.2) is 5.82 Å². The van der Waals surface area contributed by atoms with Crippen LogP contribution in [0.2, 0.25) is 5.02 Å². The van der Waals surface area contributed by atoms with Crippen LogP contribution in [-0.4, -0.2) is 17.5 Å². The molecular weight excluding hydrogens is 353 g/mol. The Hall–Kier alpha value is -1.14. The highest BCUT2D eigenvalue weighted by atomic mass is 79.9. The zero-order chi connectivity index (χ0) is 15.5. The average molecular weight is 367 g/mol. The van der Waals surface area contributed by atoms with Crippen molar-refractivity contribution in [3.63, 3.8) is 0 Å². The second-order valence-corrected chi connectivity index (χ2v) is 6.27. The van der Waals surface area contributed by atoms with Crippen LogP contribution in [0.15, 0.2) is 16.6 Å². The summed E-state index contributed by atoms with van der Waals surface area (Å²) in [7, 11) is 0. The van der Waals surface area contributed by atoms with E-state index in [0.29, 0.717) is 4.47 Å². The third-order valence-corrected chi connectivity index (χ3v) is 3.29. The van der Waals surface area contributed by atoms with Gasteiger partial charge in [0.05, 0.1) is 10.7 Å². The Bertz CT molecular complexity index is 543. The van der Waals surface area contributed by atoms with Crippen molar-refractivity contribution in [1.29, 1.82) is 0 Å². The molecule has 7 heteroatoms. The molecule has 1 aromatic carbocycles. The number of benzene rings is 1. The number of esters is 1. The molecule has 4 nitrogen and oxygen atoms in total. The lowest BCUT2D eigenvalue weighted by Gasteiger charge is -2.19. The monoisotopic (exact) mass is 365 g/mol. The van der Waals surface area contributed by atoms with Gasteiger partial charge in [0.2, 0.25) is 5.91 Å². The second-order valence-electron chi connectivity index (χ2n) is 5.03. The van der Waals surface area contributed by atoms with Gasteiger partial charge in [0.25, 0.3) is 0 Å². The molecule has 0 aromatic heterocycles. The van der Waals surface area contributed by atoms with Crippen molar-refractivity contribution < 1.29 is 18.7 Å². The summed E-state index contributed by atoms with van der Waals surface area (Å²) in [6.07, 6.45) is -0.496. The molecule has 0 bridgehead atoms. The molecule has 0 atom stereocenters. The van der Waals surface area contributed by atoms with Gasteiger partial charge in [-0.15, -0.1) is 0 Å². The number of carbonyl (C=O) groups excluding carboxylic acids is 2. The Balaban J connectivity index is 2.68. The van der Waals surface area contributed by atoms with Crippen LogP contribution in [0.4, 0.5) is 10.1 Å². The Morgan fingerprint density at radius 1 is 1.40 bits per heavy atom. The van der Waals surface area contributed by atoms with E-state index in [9.17, 15) is 14.0 Å². The number of hydrogen-bond acceptors (Lipinski definition) is 3. The number of hydrogen-bond donors (Lipinski definition) is 1. The molecular formula is C13H14BrClFNO3. The highest BCUT2D eigenvalue weighted by Gasteiger charge is 2.20. The van der Waals surface area contributed by atoms with Crippen molar-refractivity contribution in [2.24, 2.45) is 0 Å². The van der Waals surface area contributed by atoms with Gasteiger partial charge in [-0.3, -0.25) is 9.59 Å². The van der Waals surface area contributed by atoms with Crippen molar-refractivity contribution in [2.75, 3.05) is 5.32 Å². The third kappa shape index (κ3) is 5.09. The molecule has 0 unspecified atom stereocenters. The van der Waals surface area contributed by atoms with Gasteiger partial charge in [-0.1, -0.05) is 11.6 Å². The summed E-state index contributed by atoms with van der Waals surface area (Å²) in [5.41, 5.74) is -0.768. The van der Waals surface area contributed by atoms with Gasteiger partial charge in [0.1, 0.15) is 12.0 Å². The maximum absolute atomic E-state index is 13.7. The number of halogens is 3. The standard InChI is InChI=1S/C13H14BrClFNO3/c1-13(2,3)20-10(19)6-9(18)17-8-5-4-7(14)11(15)12(8)16/h4-5H,6H2,1-3H3,(H,17,18). The van der Waals surface area contributed by atoms with E-state index in [1.165, 1.54) is 12.1 Å². The molecule has 20 heavy (non-hydrogen) atoms. The molecule has 0 aliphatic heterocycles. The zero-order valence-corrected chi connectivity index (χ0v) is 13.6. The van der Waals surface area contributed by atoms with Crippen molar-refractivity contribution in [2.45, 2.75) is 32.8 Å². The van der Waals surface area contributed by atoms with Crippen LogP contribution < -0.4 is 5.32 Å². The minimum atomic E-state index is -0.765. The first-order valence-electron chi connectivity index (χ1n) is 5.75. The van der Waals surface area contributed by atoms with Crippen molar-refractivity contribution in [3.8, 4) is 0 Å². The second kappa shape index (κ2) is 6.54. The van der Waals surface area contributed by atoms with Gasteiger partial charge < -0.3 is 10.1 Å². The summed E-state index contributed by atoms with van der Waals surface area (Å²) in [5.74, 6) is -2.12. The zero-order valence-electron chi connectivity index (χ0n) is 11.2. The van der Waals surface area contributed by atoms with E-state index in [1.54, 1.807) is 20.8 Å². The first-order valence-corrected chi connectivity index (χ1v) is 6.92. The molecule has 0 fully saturated rings. The lowest BCUT2D eigenvalue weighted by molar-refractivity contribution is -0.155. The summed E-state index contributed by atoms with van der Waals surface area (Å²) in [5, 5.41) is 2.14. The summed E-state index contributed by atoms with van der Waals surface area (Å²) in [6.45, 7) is 5.07. The largest absolute Gasteiger partial charge is 0.460 e. The normalized spacial score (nSPS) is 11.1. The molecule has 0 heterocycles. The minimum absolute atomic E-state index is 0.0910. The predicted octanol–water partition coefficient (Wildman–Crippen LogP) is 3.91. The predicted molar refractivity (Wildman–Crippen MR) is 78.2 cm³/mol. The first-order chi connectivity index (χ1) is 9.10. The number of anilines is 1. The van der Waals surface area contributed by atoms with E-state index >= 15 is 0 Å². The topological polar surface area (TPSA) is 55.4 Å². The number of amides is 1. The van der Waals surface area contributed by atoms with Crippen LogP contribution >= 0.6 is 27.5 Å². The fourth-order valence-corrected chi connectivity index (χ4v) is 1.80. The van der Waals surface area contributed by atoms with Crippen molar-refractivity contribution in [3.05, 3.63) is 27.4 Å². The molecule has 1 aromatic rings. The van der Waals surface area contributed by atoms with Crippen LogP contribution in [0, 0.1) is 5.82 Å².